The zero-order valence-corrected chi connectivity index (χ0v) is 21.6. The maximum Gasteiger partial charge on any atom is 0.234 e. The zero-order valence-electron chi connectivity index (χ0n) is 18.4. The van der Waals surface area contributed by atoms with Crippen molar-refractivity contribution < 1.29 is 4.79 Å². The highest BCUT2D eigenvalue weighted by molar-refractivity contribution is 8.00. The van der Waals surface area contributed by atoms with Gasteiger partial charge in [0.1, 0.15) is 5.82 Å². The van der Waals surface area contributed by atoms with Crippen LogP contribution in [0.2, 0.25) is 5.02 Å². The largest absolute Gasteiger partial charge is 0.325 e. The number of hydrogen-bond acceptors (Lipinski definition) is 7. The SMILES string of the molecule is O=C(CSc1nnc(CSc2nc3ccccc3s2)n1Cc1ccccc1)Nc1ccc(Cl)cc1. The second-order valence-electron chi connectivity index (χ2n) is 7.55. The van der Waals surface area contributed by atoms with Gasteiger partial charge >= 0.3 is 0 Å². The topological polar surface area (TPSA) is 72.7 Å². The Hall–Kier alpha value is -2.85. The van der Waals surface area contributed by atoms with Crippen LogP contribution >= 0.6 is 46.5 Å². The van der Waals surface area contributed by atoms with E-state index < -0.39 is 0 Å². The molecule has 0 saturated heterocycles. The van der Waals surface area contributed by atoms with Gasteiger partial charge in [0.15, 0.2) is 9.50 Å². The number of hydrogen-bond donors (Lipinski definition) is 1. The molecule has 176 valence electrons. The number of rotatable bonds is 9. The van der Waals surface area contributed by atoms with Gasteiger partial charge in [-0.1, -0.05) is 77.6 Å². The van der Waals surface area contributed by atoms with E-state index in [0.717, 1.165) is 21.2 Å². The van der Waals surface area contributed by atoms with E-state index in [1.165, 1.54) is 16.5 Å². The van der Waals surface area contributed by atoms with Crippen molar-refractivity contribution in [3.05, 3.63) is 95.3 Å². The van der Waals surface area contributed by atoms with Crippen LogP contribution in [0.25, 0.3) is 10.2 Å². The van der Waals surface area contributed by atoms with Crippen molar-refractivity contribution >= 4 is 68.3 Å². The highest BCUT2D eigenvalue weighted by Gasteiger charge is 2.16. The predicted octanol–water partition coefficient (Wildman–Crippen LogP) is 6.61. The summed E-state index contributed by atoms with van der Waals surface area (Å²) in [6.45, 7) is 0.630. The summed E-state index contributed by atoms with van der Waals surface area (Å²) in [5.74, 6) is 1.59. The molecule has 0 bridgehead atoms. The number of benzene rings is 3. The molecule has 0 spiro atoms. The summed E-state index contributed by atoms with van der Waals surface area (Å²) in [5.41, 5.74) is 2.86. The van der Waals surface area contributed by atoms with E-state index in [1.807, 2.05) is 36.4 Å². The van der Waals surface area contributed by atoms with Crippen molar-refractivity contribution in [3.63, 3.8) is 0 Å². The van der Waals surface area contributed by atoms with E-state index in [-0.39, 0.29) is 11.7 Å². The number of carbonyl (C=O) groups is 1. The van der Waals surface area contributed by atoms with Crippen molar-refractivity contribution in [1.29, 1.82) is 0 Å². The van der Waals surface area contributed by atoms with Crippen LogP contribution in [0, 0.1) is 0 Å². The summed E-state index contributed by atoms with van der Waals surface area (Å²) in [4.78, 5) is 17.2. The zero-order chi connectivity index (χ0) is 24.0. The summed E-state index contributed by atoms with van der Waals surface area (Å²) in [7, 11) is 0. The second-order valence-corrected chi connectivity index (χ2v) is 11.2. The van der Waals surface area contributed by atoms with Crippen LogP contribution in [0.3, 0.4) is 0 Å². The fraction of sp³-hybridized carbons (Fsp3) is 0.120. The van der Waals surface area contributed by atoms with Crippen LogP contribution in [-0.4, -0.2) is 31.4 Å². The number of para-hydroxylation sites is 1. The van der Waals surface area contributed by atoms with Gasteiger partial charge in [-0.25, -0.2) is 4.98 Å². The first kappa shape index (κ1) is 23.9. The van der Waals surface area contributed by atoms with Crippen molar-refractivity contribution in [2.24, 2.45) is 0 Å². The van der Waals surface area contributed by atoms with E-state index in [4.69, 9.17) is 16.6 Å². The molecule has 0 saturated carbocycles. The van der Waals surface area contributed by atoms with Gasteiger partial charge in [-0.05, 0) is 42.0 Å². The number of aromatic nitrogens is 4. The third-order valence-corrected chi connectivity index (χ3v) is 8.43. The van der Waals surface area contributed by atoms with Gasteiger partial charge in [-0.2, -0.15) is 0 Å². The Kier molecular flexibility index (Phi) is 7.68. The normalized spacial score (nSPS) is 11.1. The molecule has 5 aromatic rings. The summed E-state index contributed by atoms with van der Waals surface area (Å²) in [5, 5.41) is 13.1. The van der Waals surface area contributed by atoms with Crippen molar-refractivity contribution in [1.82, 2.24) is 19.7 Å². The molecule has 0 atom stereocenters. The molecule has 0 aliphatic heterocycles. The van der Waals surface area contributed by atoms with Gasteiger partial charge in [0.2, 0.25) is 5.91 Å². The van der Waals surface area contributed by atoms with Crippen LogP contribution in [0.1, 0.15) is 11.4 Å². The lowest BCUT2D eigenvalue weighted by atomic mass is 10.2. The van der Waals surface area contributed by atoms with E-state index in [9.17, 15) is 4.79 Å². The van der Waals surface area contributed by atoms with Crippen molar-refractivity contribution in [2.45, 2.75) is 21.8 Å². The number of nitrogens with one attached hydrogen (secondary N) is 1. The van der Waals surface area contributed by atoms with Crippen molar-refractivity contribution in [3.8, 4) is 0 Å². The third kappa shape index (κ3) is 6.24. The first-order valence-electron chi connectivity index (χ1n) is 10.8. The standard InChI is InChI=1S/C25H20ClN5OS3/c26-18-10-12-19(13-11-18)27-23(32)16-33-24-30-29-22(31(24)14-17-6-2-1-3-7-17)15-34-25-28-20-8-4-5-9-21(20)35-25/h1-13H,14-16H2,(H,27,32). The summed E-state index contributed by atoms with van der Waals surface area (Å²) >= 11 is 10.6. The molecule has 0 radical (unpaired) electrons. The molecule has 10 heteroatoms. The Morgan fingerprint density at radius 2 is 1.71 bits per heavy atom. The Labute approximate surface area is 220 Å². The molecule has 3 aromatic carbocycles. The average Bonchev–Trinajstić information content (AvgIpc) is 3.47. The van der Waals surface area contributed by atoms with E-state index in [2.05, 4.69) is 38.3 Å². The highest BCUT2D eigenvalue weighted by Crippen LogP contribution is 2.32. The molecule has 0 fully saturated rings. The van der Waals surface area contributed by atoms with Gasteiger partial charge < -0.3 is 9.88 Å². The number of carbonyl (C=O) groups excluding carboxylic acids is 1. The molecule has 5 rings (SSSR count). The number of fused-ring (bicyclic) bond motifs is 1. The van der Waals surface area contributed by atoms with E-state index in [1.54, 1.807) is 47.4 Å². The minimum Gasteiger partial charge on any atom is -0.325 e. The first-order valence-corrected chi connectivity index (χ1v) is 13.9. The van der Waals surface area contributed by atoms with Gasteiger partial charge in [0.05, 0.1) is 28.3 Å². The van der Waals surface area contributed by atoms with Gasteiger partial charge in [-0.3, -0.25) is 4.79 Å². The lowest BCUT2D eigenvalue weighted by molar-refractivity contribution is -0.113. The third-order valence-electron chi connectivity index (χ3n) is 5.04. The maximum atomic E-state index is 12.5. The molecule has 0 aliphatic carbocycles. The monoisotopic (exact) mass is 537 g/mol. The number of nitrogens with zero attached hydrogens (tertiary/aromatic N) is 4. The molecule has 35 heavy (non-hydrogen) atoms. The molecule has 2 aromatic heterocycles. The van der Waals surface area contributed by atoms with Gasteiger partial charge in [0.25, 0.3) is 0 Å². The highest BCUT2D eigenvalue weighted by atomic mass is 35.5. The van der Waals surface area contributed by atoms with E-state index >= 15 is 0 Å². The maximum absolute atomic E-state index is 12.5. The number of amides is 1. The summed E-state index contributed by atoms with van der Waals surface area (Å²) < 4.78 is 4.25. The van der Waals surface area contributed by atoms with Crippen LogP contribution in [0.4, 0.5) is 5.69 Å². The Balaban J connectivity index is 1.30. The number of halogens is 1. The molecular formula is C25H20ClN5OS3. The molecule has 6 nitrogen and oxygen atoms in total. The van der Waals surface area contributed by atoms with Crippen molar-refractivity contribution in [2.75, 3.05) is 11.1 Å². The first-order chi connectivity index (χ1) is 17.1. The second kappa shape index (κ2) is 11.3. The predicted molar refractivity (Wildman–Crippen MR) is 146 cm³/mol. The molecule has 0 unspecified atom stereocenters. The summed E-state index contributed by atoms with van der Waals surface area (Å²) in [6, 6.07) is 25.4. The van der Waals surface area contributed by atoms with E-state index in [0.29, 0.717) is 28.2 Å². The number of thiazole rings is 1. The summed E-state index contributed by atoms with van der Waals surface area (Å²) in [6.07, 6.45) is 0. The smallest absolute Gasteiger partial charge is 0.234 e. The fourth-order valence-corrected chi connectivity index (χ4v) is 6.25. The van der Waals surface area contributed by atoms with Crippen LogP contribution in [-0.2, 0) is 17.1 Å². The van der Waals surface area contributed by atoms with Crippen LogP contribution in [0.5, 0.6) is 0 Å². The number of thioether (sulfide) groups is 2. The lowest BCUT2D eigenvalue weighted by Crippen LogP contribution is -2.15. The molecule has 1 N–H and O–H groups in total. The molecular weight excluding hydrogens is 518 g/mol. The Bertz CT molecular complexity index is 1400. The Morgan fingerprint density at radius 3 is 2.51 bits per heavy atom. The average molecular weight is 538 g/mol. The van der Waals surface area contributed by atoms with Crippen LogP contribution < -0.4 is 5.32 Å². The molecule has 1 amide bonds. The molecule has 2 heterocycles. The van der Waals surface area contributed by atoms with Gasteiger partial charge in [0, 0.05) is 10.7 Å². The molecule has 0 aliphatic rings. The quantitative estimate of drug-likeness (QED) is 0.213. The minimum atomic E-state index is -0.114. The van der Waals surface area contributed by atoms with Gasteiger partial charge in [-0.15, -0.1) is 21.5 Å². The minimum absolute atomic E-state index is 0.114. The lowest BCUT2D eigenvalue weighted by Gasteiger charge is -2.10. The van der Waals surface area contributed by atoms with Crippen LogP contribution in [0.15, 0.2) is 88.4 Å². The Morgan fingerprint density at radius 1 is 0.943 bits per heavy atom. The fourth-order valence-electron chi connectivity index (χ4n) is 3.36. The number of anilines is 1.